The van der Waals surface area contributed by atoms with Crippen molar-refractivity contribution >= 4 is 50.3 Å². The summed E-state index contributed by atoms with van der Waals surface area (Å²) in [7, 11) is 0. The molecule has 0 spiro atoms. The Morgan fingerprint density at radius 1 is 1.15 bits per heavy atom. The number of ether oxygens (including phenoxy) is 1. The predicted octanol–water partition coefficient (Wildman–Crippen LogP) is 4.33. The fourth-order valence-electron chi connectivity index (χ4n) is 2.11. The molecular formula is C19H20BrIN2O3. The molecule has 0 unspecified atom stereocenters. The monoisotopic (exact) mass is 530 g/mol. The highest BCUT2D eigenvalue weighted by Crippen LogP contribution is 2.28. The lowest BCUT2D eigenvalue weighted by molar-refractivity contribution is -0.123. The van der Waals surface area contributed by atoms with Crippen LogP contribution in [0.3, 0.4) is 0 Å². The average molecular weight is 531 g/mol. The molecule has 0 heterocycles. The third-order valence-corrected chi connectivity index (χ3v) is 5.51. The molecule has 2 aromatic carbocycles. The molecule has 2 amide bonds. The maximum atomic E-state index is 12.1. The van der Waals surface area contributed by atoms with Crippen molar-refractivity contribution in [1.82, 2.24) is 10.9 Å². The first-order valence-corrected chi connectivity index (χ1v) is 9.92. The van der Waals surface area contributed by atoms with Gasteiger partial charge in [0, 0.05) is 9.13 Å². The van der Waals surface area contributed by atoms with Crippen LogP contribution >= 0.6 is 38.5 Å². The largest absolute Gasteiger partial charge is 0.483 e. The minimum atomic E-state index is -0.444. The number of aryl methyl sites for hydroxylation is 1. The zero-order valence-electron chi connectivity index (χ0n) is 14.7. The number of rotatable bonds is 5. The molecule has 2 aromatic rings. The number of amides is 2. The number of hydrogen-bond acceptors (Lipinski definition) is 3. The van der Waals surface area contributed by atoms with Gasteiger partial charge in [-0.15, -0.1) is 0 Å². The molecule has 0 saturated heterocycles. The van der Waals surface area contributed by atoms with Gasteiger partial charge in [-0.3, -0.25) is 20.4 Å². The molecule has 0 radical (unpaired) electrons. The lowest BCUT2D eigenvalue weighted by Crippen LogP contribution is -2.43. The highest BCUT2D eigenvalue weighted by atomic mass is 127. The van der Waals surface area contributed by atoms with Gasteiger partial charge in [0.1, 0.15) is 5.75 Å². The Kier molecular flexibility index (Phi) is 7.45. The zero-order valence-corrected chi connectivity index (χ0v) is 18.5. The summed E-state index contributed by atoms with van der Waals surface area (Å²) in [5.41, 5.74) is 7.49. The second-order valence-electron chi connectivity index (χ2n) is 6.10. The van der Waals surface area contributed by atoms with Crippen LogP contribution < -0.4 is 15.6 Å². The summed E-state index contributed by atoms with van der Waals surface area (Å²) < 4.78 is 7.27. The summed E-state index contributed by atoms with van der Waals surface area (Å²) in [5, 5.41) is 0. The molecule has 138 valence electrons. The standard InChI is InChI=1S/C19H20BrIN2O3/c1-11(2)13-6-7-17(15(20)8-13)26-10-18(24)22-23-19(25)14-5-4-12(3)16(21)9-14/h4-9,11H,10H2,1-3H3,(H,22,24)(H,23,25). The fourth-order valence-corrected chi connectivity index (χ4v) is 3.13. The van der Waals surface area contributed by atoms with E-state index in [1.807, 2.05) is 31.2 Å². The summed E-state index contributed by atoms with van der Waals surface area (Å²) >= 11 is 5.61. The number of hydrazine groups is 1. The van der Waals surface area contributed by atoms with Crippen molar-refractivity contribution in [1.29, 1.82) is 0 Å². The number of hydrogen-bond donors (Lipinski definition) is 2. The lowest BCUT2D eigenvalue weighted by atomic mass is 10.0. The summed E-state index contributed by atoms with van der Waals surface area (Å²) in [6.07, 6.45) is 0. The highest BCUT2D eigenvalue weighted by Gasteiger charge is 2.11. The second-order valence-corrected chi connectivity index (χ2v) is 8.12. The number of carbonyl (C=O) groups excluding carboxylic acids is 2. The van der Waals surface area contributed by atoms with Crippen molar-refractivity contribution in [2.75, 3.05) is 6.61 Å². The van der Waals surface area contributed by atoms with Crippen molar-refractivity contribution in [2.45, 2.75) is 26.7 Å². The van der Waals surface area contributed by atoms with Crippen LogP contribution in [0.25, 0.3) is 0 Å². The normalized spacial score (nSPS) is 10.5. The Bertz CT molecular complexity index is 824. The first kappa shape index (κ1) is 20.7. The molecule has 0 aliphatic heterocycles. The van der Waals surface area contributed by atoms with Crippen molar-refractivity contribution in [3.63, 3.8) is 0 Å². The maximum absolute atomic E-state index is 12.1. The first-order chi connectivity index (χ1) is 12.3. The van der Waals surface area contributed by atoms with E-state index in [2.05, 4.69) is 63.2 Å². The van der Waals surface area contributed by atoms with Gasteiger partial charge >= 0.3 is 0 Å². The van der Waals surface area contributed by atoms with Crippen molar-refractivity contribution in [2.24, 2.45) is 0 Å². The van der Waals surface area contributed by atoms with Gasteiger partial charge < -0.3 is 4.74 Å². The van der Waals surface area contributed by atoms with Gasteiger partial charge in [-0.1, -0.05) is 26.0 Å². The zero-order chi connectivity index (χ0) is 19.3. The summed E-state index contributed by atoms with van der Waals surface area (Å²) in [6.45, 7) is 5.97. The number of nitrogens with one attached hydrogen (secondary N) is 2. The Balaban J connectivity index is 1.85. The van der Waals surface area contributed by atoms with Crippen molar-refractivity contribution in [3.8, 4) is 5.75 Å². The molecule has 5 nitrogen and oxygen atoms in total. The van der Waals surface area contributed by atoms with Crippen LogP contribution in [0.4, 0.5) is 0 Å². The smallest absolute Gasteiger partial charge is 0.276 e. The molecule has 0 fully saturated rings. The Labute approximate surface area is 175 Å². The maximum Gasteiger partial charge on any atom is 0.276 e. The van der Waals surface area contributed by atoms with Gasteiger partial charge in [0.15, 0.2) is 6.61 Å². The molecule has 0 bridgehead atoms. The summed E-state index contributed by atoms with van der Waals surface area (Å²) in [6, 6.07) is 11.1. The SMILES string of the molecule is Cc1ccc(C(=O)NNC(=O)COc2ccc(C(C)C)cc2Br)cc1I. The molecule has 0 saturated carbocycles. The van der Waals surface area contributed by atoms with E-state index in [1.165, 1.54) is 5.56 Å². The molecule has 0 aromatic heterocycles. The number of benzene rings is 2. The van der Waals surface area contributed by atoms with E-state index in [-0.39, 0.29) is 12.5 Å². The van der Waals surface area contributed by atoms with Gasteiger partial charge in [0.2, 0.25) is 0 Å². The minimum absolute atomic E-state index is 0.203. The van der Waals surface area contributed by atoms with Gasteiger partial charge in [0.25, 0.3) is 11.8 Å². The highest BCUT2D eigenvalue weighted by molar-refractivity contribution is 14.1. The first-order valence-electron chi connectivity index (χ1n) is 8.05. The molecule has 7 heteroatoms. The van der Waals surface area contributed by atoms with Crippen LogP contribution in [-0.4, -0.2) is 18.4 Å². The quantitative estimate of drug-likeness (QED) is 0.447. The number of carbonyl (C=O) groups is 2. The van der Waals surface area contributed by atoms with Gasteiger partial charge in [-0.2, -0.15) is 0 Å². The van der Waals surface area contributed by atoms with Gasteiger partial charge in [0.05, 0.1) is 4.47 Å². The van der Waals surface area contributed by atoms with Crippen LogP contribution in [0, 0.1) is 10.5 Å². The predicted molar refractivity (Wildman–Crippen MR) is 113 cm³/mol. The Hall–Kier alpha value is -1.61. The molecule has 0 atom stereocenters. The van der Waals surface area contributed by atoms with E-state index in [1.54, 1.807) is 12.1 Å². The summed E-state index contributed by atoms with van der Waals surface area (Å²) in [4.78, 5) is 24.0. The lowest BCUT2D eigenvalue weighted by Gasteiger charge is -2.12. The van der Waals surface area contributed by atoms with Crippen LogP contribution in [0.15, 0.2) is 40.9 Å². The molecule has 2 rings (SSSR count). The van der Waals surface area contributed by atoms with Crippen molar-refractivity contribution in [3.05, 3.63) is 61.1 Å². The second kappa shape index (κ2) is 9.36. The van der Waals surface area contributed by atoms with Crippen LogP contribution in [0.5, 0.6) is 5.75 Å². The minimum Gasteiger partial charge on any atom is -0.483 e. The van der Waals surface area contributed by atoms with Gasteiger partial charge in [-0.25, -0.2) is 0 Å². The van der Waals surface area contributed by atoms with Crippen molar-refractivity contribution < 1.29 is 14.3 Å². The van der Waals surface area contributed by atoms with E-state index >= 15 is 0 Å². The average Bonchev–Trinajstić information content (AvgIpc) is 2.60. The Morgan fingerprint density at radius 2 is 1.88 bits per heavy atom. The van der Waals surface area contributed by atoms with E-state index in [4.69, 9.17) is 4.74 Å². The fraction of sp³-hybridized carbons (Fsp3) is 0.263. The van der Waals surface area contributed by atoms with E-state index in [9.17, 15) is 9.59 Å². The van der Waals surface area contributed by atoms with Gasteiger partial charge in [-0.05, 0) is 86.8 Å². The molecular weight excluding hydrogens is 511 g/mol. The van der Waals surface area contributed by atoms with Crippen LogP contribution in [0.1, 0.15) is 41.3 Å². The molecule has 26 heavy (non-hydrogen) atoms. The van der Waals surface area contributed by atoms with E-state index < -0.39 is 5.91 Å². The van der Waals surface area contributed by atoms with Crippen LogP contribution in [-0.2, 0) is 4.79 Å². The topological polar surface area (TPSA) is 67.4 Å². The van der Waals surface area contributed by atoms with E-state index in [0.29, 0.717) is 17.2 Å². The van der Waals surface area contributed by atoms with E-state index in [0.717, 1.165) is 13.6 Å². The third-order valence-electron chi connectivity index (χ3n) is 3.73. The molecule has 0 aliphatic carbocycles. The molecule has 0 aliphatic rings. The Morgan fingerprint density at radius 3 is 2.50 bits per heavy atom. The third kappa shape index (κ3) is 5.70. The number of halogens is 2. The summed E-state index contributed by atoms with van der Waals surface area (Å²) in [5.74, 6) is 0.159. The molecule has 2 N–H and O–H groups in total. The van der Waals surface area contributed by atoms with Crippen LogP contribution in [0.2, 0.25) is 0 Å².